The highest BCUT2D eigenvalue weighted by Crippen LogP contribution is 2.42. The van der Waals surface area contributed by atoms with Crippen LogP contribution < -0.4 is 0 Å². The molecular formula is C29H31NO3. The average molecular weight is 442 g/mol. The minimum absolute atomic E-state index is 0.192. The number of piperidine rings is 1. The van der Waals surface area contributed by atoms with Gasteiger partial charge in [-0.05, 0) is 43.4 Å². The molecule has 0 amide bonds. The predicted molar refractivity (Wildman–Crippen MR) is 129 cm³/mol. The summed E-state index contributed by atoms with van der Waals surface area (Å²) in [5.41, 5.74) is 2.49. The number of aliphatic hydroxyl groups is 1. The summed E-state index contributed by atoms with van der Waals surface area (Å²) in [5, 5.41) is 11.9. The molecule has 1 saturated heterocycles. The van der Waals surface area contributed by atoms with E-state index in [1.807, 2.05) is 68.4 Å². The first-order valence-corrected chi connectivity index (χ1v) is 11.8. The maximum absolute atomic E-state index is 13.7. The summed E-state index contributed by atoms with van der Waals surface area (Å²) in [6.07, 6.45) is 1.88. The Balaban J connectivity index is 1.42. The van der Waals surface area contributed by atoms with Crippen LogP contribution in [0.5, 0.6) is 0 Å². The maximum Gasteiger partial charge on any atom is 0.348 e. The molecule has 5 rings (SSSR count). The number of ether oxygens (including phenoxy) is 1. The van der Waals surface area contributed by atoms with Gasteiger partial charge < -0.3 is 9.84 Å². The average Bonchev–Trinajstić information content (AvgIpc) is 3.35. The summed E-state index contributed by atoms with van der Waals surface area (Å²) in [6, 6.07) is 25.7. The van der Waals surface area contributed by atoms with Crippen molar-refractivity contribution in [2.24, 2.45) is 5.92 Å². The van der Waals surface area contributed by atoms with Crippen molar-refractivity contribution in [1.82, 2.24) is 4.90 Å². The molecule has 3 unspecified atom stereocenters. The molecular weight excluding hydrogens is 410 g/mol. The second-order valence-corrected chi connectivity index (χ2v) is 9.64. The highest BCUT2D eigenvalue weighted by Gasteiger charge is 2.52. The smallest absolute Gasteiger partial charge is 0.348 e. The van der Waals surface area contributed by atoms with E-state index in [9.17, 15) is 9.90 Å². The summed E-state index contributed by atoms with van der Waals surface area (Å²) in [6.45, 7) is 5.70. The van der Waals surface area contributed by atoms with Crippen molar-refractivity contribution in [3.63, 3.8) is 0 Å². The zero-order chi connectivity index (χ0) is 23.0. The summed E-state index contributed by atoms with van der Waals surface area (Å²) in [5.74, 6) is -0.274. The van der Waals surface area contributed by atoms with Gasteiger partial charge in [-0.15, -0.1) is 0 Å². The van der Waals surface area contributed by atoms with Crippen LogP contribution in [0.15, 0.2) is 78.9 Å². The van der Waals surface area contributed by atoms with Gasteiger partial charge in [0.15, 0.2) is 0 Å². The van der Waals surface area contributed by atoms with E-state index in [4.69, 9.17) is 4.74 Å². The number of likely N-dealkylation sites (tertiary alicyclic amines) is 1. The number of aryl methyl sites for hydroxylation is 2. The lowest BCUT2D eigenvalue weighted by Gasteiger charge is -2.31. The highest BCUT2D eigenvalue weighted by molar-refractivity contribution is 5.85. The fourth-order valence-electron chi connectivity index (χ4n) is 5.58. The van der Waals surface area contributed by atoms with Crippen molar-refractivity contribution in [3.8, 4) is 0 Å². The number of carbonyl (C=O) groups is 1. The fraction of sp³-hybridized carbons (Fsp3) is 0.345. The van der Waals surface area contributed by atoms with Gasteiger partial charge in [-0.3, -0.25) is 4.90 Å². The third kappa shape index (κ3) is 4.09. The van der Waals surface area contributed by atoms with Crippen LogP contribution in [0.4, 0.5) is 0 Å². The zero-order valence-electron chi connectivity index (χ0n) is 19.3. The number of esters is 1. The molecule has 1 aliphatic heterocycles. The van der Waals surface area contributed by atoms with Crippen LogP contribution in [-0.2, 0) is 21.7 Å². The van der Waals surface area contributed by atoms with Crippen LogP contribution in [0.3, 0.4) is 0 Å². The first-order chi connectivity index (χ1) is 15.9. The lowest BCUT2D eigenvalue weighted by atomic mass is 9.85. The van der Waals surface area contributed by atoms with Gasteiger partial charge in [-0.1, -0.05) is 90.0 Å². The van der Waals surface area contributed by atoms with Crippen molar-refractivity contribution in [2.45, 2.75) is 51.0 Å². The maximum atomic E-state index is 13.7. The van der Waals surface area contributed by atoms with Crippen LogP contribution in [0, 0.1) is 19.8 Å². The van der Waals surface area contributed by atoms with Crippen molar-refractivity contribution in [2.75, 3.05) is 6.54 Å². The van der Waals surface area contributed by atoms with Crippen LogP contribution in [0.25, 0.3) is 0 Å². The Morgan fingerprint density at radius 1 is 0.939 bits per heavy atom. The Hall–Kier alpha value is -2.95. The molecule has 3 atom stereocenters. The van der Waals surface area contributed by atoms with Crippen LogP contribution >= 0.6 is 0 Å². The number of fused-ring (bicyclic) bond motifs is 2. The lowest BCUT2D eigenvalue weighted by molar-refractivity contribution is -0.169. The van der Waals surface area contributed by atoms with E-state index < -0.39 is 11.6 Å². The molecule has 1 N–H and O–H groups in total. The molecule has 0 radical (unpaired) electrons. The van der Waals surface area contributed by atoms with E-state index in [0.717, 1.165) is 37.1 Å². The minimum atomic E-state index is -1.84. The van der Waals surface area contributed by atoms with Gasteiger partial charge in [-0.2, -0.15) is 0 Å². The molecule has 2 bridgehead atoms. The molecule has 1 heterocycles. The van der Waals surface area contributed by atoms with E-state index in [1.165, 1.54) is 5.56 Å². The molecule has 2 fully saturated rings. The normalized spacial score (nSPS) is 22.5. The van der Waals surface area contributed by atoms with Gasteiger partial charge in [-0.25, -0.2) is 4.79 Å². The third-order valence-electron chi connectivity index (χ3n) is 7.25. The molecule has 33 heavy (non-hydrogen) atoms. The molecule has 3 aromatic carbocycles. The standard InChI is InChI=1S/C29H31NO3/c1-20-8-6-12-24(16-20)29(32,25-13-7-9-21(2)17-25)28(31)33-27-23-14-15-26(27)30(19-23)18-22-10-4-3-5-11-22/h3-13,16-17,23,26-27,32H,14-15,18-19H2,1-2H3. The van der Waals surface area contributed by atoms with E-state index in [-0.39, 0.29) is 12.1 Å². The van der Waals surface area contributed by atoms with Gasteiger partial charge in [0.05, 0.1) is 0 Å². The molecule has 4 nitrogen and oxygen atoms in total. The van der Waals surface area contributed by atoms with E-state index in [0.29, 0.717) is 17.0 Å². The van der Waals surface area contributed by atoms with Gasteiger partial charge in [0, 0.05) is 25.0 Å². The highest BCUT2D eigenvalue weighted by atomic mass is 16.6. The molecule has 3 aromatic rings. The topological polar surface area (TPSA) is 49.8 Å². The quantitative estimate of drug-likeness (QED) is 0.561. The zero-order valence-corrected chi connectivity index (χ0v) is 19.3. The fourth-order valence-corrected chi connectivity index (χ4v) is 5.58. The number of hydrogen-bond donors (Lipinski definition) is 1. The van der Waals surface area contributed by atoms with Crippen molar-refractivity contribution in [3.05, 3.63) is 107 Å². The van der Waals surface area contributed by atoms with Crippen molar-refractivity contribution >= 4 is 5.97 Å². The van der Waals surface area contributed by atoms with Crippen LogP contribution in [0.1, 0.15) is 40.7 Å². The molecule has 1 aliphatic carbocycles. The molecule has 4 heteroatoms. The molecule has 0 spiro atoms. The summed E-state index contributed by atoms with van der Waals surface area (Å²) in [4.78, 5) is 16.2. The molecule has 1 saturated carbocycles. The van der Waals surface area contributed by atoms with Crippen LogP contribution in [0.2, 0.25) is 0 Å². The van der Waals surface area contributed by atoms with E-state index in [1.54, 1.807) is 0 Å². The second kappa shape index (κ2) is 8.77. The Morgan fingerprint density at radius 2 is 1.58 bits per heavy atom. The SMILES string of the molecule is Cc1cccc(C(O)(C(=O)OC2C3CCC2N(Cc2ccccc2)C3)c2cccc(C)c2)c1. The molecule has 0 aromatic heterocycles. The summed E-state index contributed by atoms with van der Waals surface area (Å²) < 4.78 is 6.19. The van der Waals surface area contributed by atoms with E-state index in [2.05, 4.69) is 29.2 Å². The number of rotatable bonds is 6. The number of nitrogens with zero attached hydrogens (tertiary/aromatic N) is 1. The Kier molecular flexibility index (Phi) is 5.81. The number of hydrogen-bond acceptors (Lipinski definition) is 4. The van der Waals surface area contributed by atoms with Crippen LogP contribution in [-0.4, -0.2) is 34.7 Å². The number of benzene rings is 3. The minimum Gasteiger partial charge on any atom is -0.458 e. The van der Waals surface area contributed by atoms with Gasteiger partial charge in [0.2, 0.25) is 5.60 Å². The van der Waals surface area contributed by atoms with Crippen molar-refractivity contribution in [1.29, 1.82) is 0 Å². The first-order valence-electron chi connectivity index (χ1n) is 11.8. The van der Waals surface area contributed by atoms with Gasteiger partial charge in [0.1, 0.15) is 6.10 Å². The monoisotopic (exact) mass is 441 g/mol. The molecule has 170 valence electrons. The Morgan fingerprint density at radius 3 is 2.18 bits per heavy atom. The van der Waals surface area contributed by atoms with Gasteiger partial charge in [0.25, 0.3) is 0 Å². The molecule has 2 aliphatic rings. The number of carbonyl (C=O) groups excluding carboxylic acids is 1. The summed E-state index contributed by atoms with van der Waals surface area (Å²) in [7, 11) is 0. The first kappa shape index (κ1) is 21.9. The Bertz CT molecular complexity index is 1100. The lowest BCUT2D eigenvalue weighted by Crippen LogP contribution is -2.43. The largest absolute Gasteiger partial charge is 0.458 e. The van der Waals surface area contributed by atoms with Crippen molar-refractivity contribution < 1.29 is 14.6 Å². The second-order valence-electron chi connectivity index (χ2n) is 9.64. The predicted octanol–water partition coefficient (Wildman–Crippen LogP) is 4.75. The summed E-state index contributed by atoms with van der Waals surface area (Å²) >= 11 is 0. The third-order valence-corrected chi connectivity index (χ3v) is 7.25. The van der Waals surface area contributed by atoms with Gasteiger partial charge >= 0.3 is 5.97 Å². The van der Waals surface area contributed by atoms with E-state index >= 15 is 0 Å². The Labute approximate surface area is 195 Å².